The Hall–Kier alpha value is -1.19. The zero-order chi connectivity index (χ0) is 11.4. The van der Waals surface area contributed by atoms with Crippen molar-refractivity contribution in [3.05, 3.63) is 35.2 Å². The number of hydrogen-bond donors (Lipinski definition) is 1. The number of benzene rings is 1. The van der Waals surface area contributed by atoms with E-state index in [1.807, 2.05) is 23.6 Å². The summed E-state index contributed by atoms with van der Waals surface area (Å²) >= 11 is 1.63. The predicted molar refractivity (Wildman–Crippen MR) is 69.3 cm³/mol. The molecule has 0 fully saturated rings. The number of carbonyl (C=O) groups excluding carboxylic acids is 1. The highest BCUT2D eigenvalue weighted by Gasteiger charge is 2.09. The second kappa shape index (κ2) is 5.23. The molecular weight excluding hydrogens is 218 g/mol. The maximum atomic E-state index is 12.0. The van der Waals surface area contributed by atoms with Crippen LogP contribution in [0.4, 0.5) is 0 Å². The number of nitrogens with one attached hydrogen (secondary N) is 1. The molecule has 84 valence electrons. The summed E-state index contributed by atoms with van der Waals surface area (Å²) in [4.78, 5) is 12.0. The monoisotopic (exact) mass is 233 g/mol. The van der Waals surface area contributed by atoms with Gasteiger partial charge in [-0.05, 0) is 35.9 Å². The zero-order valence-electron chi connectivity index (χ0n) is 9.32. The molecular formula is C13H15NOS. The summed E-state index contributed by atoms with van der Waals surface area (Å²) < 4.78 is 1.10. The Morgan fingerprint density at radius 1 is 1.38 bits per heavy atom. The molecule has 2 nitrogen and oxygen atoms in total. The second-order valence-corrected chi connectivity index (χ2v) is 4.66. The van der Waals surface area contributed by atoms with Gasteiger partial charge in [-0.15, -0.1) is 11.3 Å². The highest BCUT2D eigenvalue weighted by Crippen LogP contribution is 2.24. The lowest BCUT2D eigenvalue weighted by Crippen LogP contribution is -2.23. The molecule has 0 aliphatic carbocycles. The Morgan fingerprint density at radius 3 is 3.06 bits per heavy atom. The summed E-state index contributed by atoms with van der Waals surface area (Å²) in [5, 5.41) is 6.33. The van der Waals surface area contributed by atoms with Crippen LogP contribution < -0.4 is 5.32 Å². The Labute approximate surface area is 99.3 Å². The number of thiophene rings is 1. The average molecular weight is 233 g/mol. The third-order valence-electron chi connectivity index (χ3n) is 2.49. The SMILES string of the molecule is CCCNCC(=O)c1cccc2ccsc12. The van der Waals surface area contributed by atoms with Crippen molar-refractivity contribution in [1.82, 2.24) is 5.32 Å². The van der Waals surface area contributed by atoms with Gasteiger partial charge in [0.25, 0.3) is 0 Å². The van der Waals surface area contributed by atoms with Gasteiger partial charge in [0.2, 0.25) is 0 Å². The van der Waals surface area contributed by atoms with Crippen LogP contribution in [0, 0.1) is 0 Å². The van der Waals surface area contributed by atoms with Gasteiger partial charge in [0.05, 0.1) is 6.54 Å². The lowest BCUT2D eigenvalue weighted by molar-refractivity contribution is 0.0993. The molecule has 0 aliphatic heterocycles. The van der Waals surface area contributed by atoms with Crippen LogP contribution >= 0.6 is 11.3 Å². The Kier molecular flexibility index (Phi) is 3.70. The van der Waals surface area contributed by atoms with E-state index in [-0.39, 0.29) is 5.78 Å². The molecule has 2 rings (SSSR count). The minimum Gasteiger partial charge on any atom is -0.310 e. The average Bonchev–Trinajstić information content (AvgIpc) is 2.76. The first kappa shape index (κ1) is 11.3. The molecule has 0 radical (unpaired) electrons. The molecule has 0 saturated heterocycles. The fourth-order valence-electron chi connectivity index (χ4n) is 1.69. The van der Waals surface area contributed by atoms with Crippen molar-refractivity contribution >= 4 is 27.2 Å². The maximum absolute atomic E-state index is 12.0. The summed E-state index contributed by atoms with van der Waals surface area (Å²) in [6.07, 6.45) is 1.05. The quantitative estimate of drug-likeness (QED) is 0.635. The van der Waals surface area contributed by atoms with Crippen molar-refractivity contribution in [2.75, 3.05) is 13.1 Å². The van der Waals surface area contributed by atoms with Crippen molar-refractivity contribution in [3.63, 3.8) is 0 Å². The van der Waals surface area contributed by atoms with E-state index in [9.17, 15) is 4.79 Å². The molecule has 0 atom stereocenters. The van der Waals surface area contributed by atoms with Crippen LogP contribution in [-0.4, -0.2) is 18.9 Å². The van der Waals surface area contributed by atoms with Gasteiger partial charge < -0.3 is 5.32 Å². The van der Waals surface area contributed by atoms with E-state index in [2.05, 4.69) is 18.3 Å². The van der Waals surface area contributed by atoms with Gasteiger partial charge in [0, 0.05) is 10.3 Å². The van der Waals surface area contributed by atoms with Gasteiger partial charge in [0.15, 0.2) is 5.78 Å². The van der Waals surface area contributed by atoms with Crippen LogP contribution in [0.2, 0.25) is 0 Å². The summed E-state index contributed by atoms with van der Waals surface area (Å²) in [6.45, 7) is 3.43. The molecule has 0 bridgehead atoms. The summed E-state index contributed by atoms with van der Waals surface area (Å²) in [5.74, 6) is 0.182. The van der Waals surface area contributed by atoms with Crippen LogP contribution in [0.5, 0.6) is 0 Å². The van der Waals surface area contributed by atoms with Crippen LogP contribution in [0.3, 0.4) is 0 Å². The largest absolute Gasteiger partial charge is 0.310 e. The number of hydrogen-bond acceptors (Lipinski definition) is 3. The first-order valence-corrected chi connectivity index (χ1v) is 6.41. The molecule has 0 amide bonds. The normalized spacial score (nSPS) is 10.8. The Morgan fingerprint density at radius 2 is 2.25 bits per heavy atom. The van der Waals surface area contributed by atoms with Crippen LogP contribution in [0.1, 0.15) is 23.7 Å². The third kappa shape index (κ3) is 2.31. The van der Waals surface area contributed by atoms with Crippen molar-refractivity contribution in [2.45, 2.75) is 13.3 Å². The number of rotatable bonds is 5. The molecule has 0 aliphatic rings. The number of fused-ring (bicyclic) bond motifs is 1. The zero-order valence-corrected chi connectivity index (χ0v) is 10.1. The molecule has 2 aromatic rings. The van der Waals surface area contributed by atoms with E-state index in [1.54, 1.807) is 11.3 Å². The first-order valence-electron chi connectivity index (χ1n) is 5.53. The van der Waals surface area contributed by atoms with Gasteiger partial charge in [-0.3, -0.25) is 4.79 Å². The maximum Gasteiger partial charge on any atom is 0.178 e. The lowest BCUT2D eigenvalue weighted by Gasteiger charge is -2.03. The predicted octanol–water partition coefficient (Wildman–Crippen LogP) is 3.08. The van der Waals surface area contributed by atoms with E-state index >= 15 is 0 Å². The number of ketones is 1. The van der Waals surface area contributed by atoms with Gasteiger partial charge in [-0.1, -0.05) is 19.1 Å². The number of carbonyl (C=O) groups is 1. The lowest BCUT2D eigenvalue weighted by atomic mass is 10.1. The molecule has 0 unspecified atom stereocenters. The minimum atomic E-state index is 0.182. The van der Waals surface area contributed by atoms with Crippen molar-refractivity contribution < 1.29 is 4.79 Å². The second-order valence-electron chi connectivity index (χ2n) is 3.74. The van der Waals surface area contributed by atoms with Gasteiger partial charge in [-0.2, -0.15) is 0 Å². The molecule has 0 spiro atoms. The molecule has 1 aromatic carbocycles. The third-order valence-corrected chi connectivity index (χ3v) is 3.46. The molecule has 1 heterocycles. The van der Waals surface area contributed by atoms with E-state index in [1.165, 1.54) is 0 Å². The Bertz CT molecular complexity index is 489. The van der Waals surface area contributed by atoms with Gasteiger partial charge >= 0.3 is 0 Å². The van der Waals surface area contributed by atoms with E-state index < -0.39 is 0 Å². The fourth-order valence-corrected chi connectivity index (χ4v) is 2.62. The van der Waals surface area contributed by atoms with Crippen molar-refractivity contribution in [2.24, 2.45) is 0 Å². The number of Topliss-reactive ketones (excluding diaryl/α,β-unsaturated/α-hetero) is 1. The van der Waals surface area contributed by atoms with Crippen LogP contribution in [0.15, 0.2) is 29.6 Å². The van der Waals surface area contributed by atoms with Gasteiger partial charge in [-0.25, -0.2) is 0 Å². The molecule has 1 aromatic heterocycles. The highest BCUT2D eigenvalue weighted by atomic mass is 32.1. The standard InChI is InChI=1S/C13H15NOS/c1-2-7-14-9-12(15)11-5-3-4-10-6-8-16-13(10)11/h3-6,8,14H,2,7,9H2,1H3. The fraction of sp³-hybridized carbons (Fsp3) is 0.308. The summed E-state index contributed by atoms with van der Waals surface area (Å²) in [5.41, 5.74) is 0.844. The summed E-state index contributed by atoms with van der Waals surface area (Å²) in [6, 6.07) is 7.95. The Balaban J connectivity index is 2.19. The summed E-state index contributed by atoms with van der Waals surface area (Å²) in [7, 11) is 0. The smallest absolute Gasteiger partial charge is 0.178 e. The van der Waals surface area contributed by atoms with E-state index in [0.29, 0.717) is 6.54 Å². The first-order chi connectivity index (χ1) is 7.83. The van der Waals surface area contributed by atoms with Crippen molar-refractivity contribution in [1.29, 1.82) is 0 Å². The molecule has 1 N–H and O–H groups in total. The van der Waals surface area contributed by atoms with Crippen LogP contribution in [-0.2, 0) is 0 Å². The van der Waals surface area contributed by atoms with E-state index in [4.69, 9.17) is 0 Å². The van der Waals surface area contributed by atoms with Crippen molar-refractivity contribution in [3.8, 4) is 0 Å². The topological polar surface area (TPSA) is 29.1 Å². The highest BCUT2D eigenvalue weighted by molar-refractivity contribution is 7.17. The van der Waals surface area contributed by atoms with E-state index in [0.717, 1.165) is 28.6 Å². The molecule has 0 saturated carbocycles. The molecule has 3 heteroatoms. The minimum absolute atomic E-state index is 0.182. The molecule has 16 heavy (non-hydrogen) atoms. The van der Waals surface area contributed by atoms with Crippen LogP contribution in [0.25, 0.3) is 10.1 Å². The van der Waals surface area contributed by atoms with Gasteiger partial charge in [0.1, 0.15) is 0 Å².